The summed E-state index contributed by atoms with van der Waals surface area (Å²) < 4.78 is 1.01. The zero-order valence-electron chi connectivity index (χ0n) is 9.77. The molecule has 17 heavy (non-hydrogen) atoms. The van der Waals surface area contributed by atoms with Crippen molar-refractivity contribution in [2.45, 2.75) is 31.9 Å². The van der Waals surface area contributed by atoms with E-state index in [0.717, 1.165) is 15.7 Å². The van der Waals surface area contributed by atoms with Crippen LogP contribution in [0.15, 0.2) is 22.7 Å². The topological polar surface area (TPSA) is 43.7 Å². The molecule has 1 saturated carbocycles. The maximum atomic E-state index is 9.39. The molecule has 0 amide bonds. The van der Waals surface area contributed by atoms with E-state index in [2.05, 4.69) is 20.8 Å². The molecule has 1 aromatic carbocycles. The van der Waals surface area contributed by atoms with Crippen LogP contribution in [0.2, 0.25) is 0 Å². The van der Waals surface area contributed by atoms with E-state index in [-0.39, 0.29) is 13.2 Å². The van der Waals surface area contributed by atoms with Gasteiger partial charge in [-0.05, 0) is 31.4 Å². The highest BCUT2D eigenvalue weighted by Gasteiger charge is 2.26. The molecule has 1 aliphatic rings. The lowest BCUT2D eigenvalue weighted by molar-refractivity contribution is 0.274. The summed E-state index contributed by atoms with van der Waals surface area (Å²) in [5, 5.41) is 18.6. The number of nitrogens with zero attached hydrogens (tertiary/aromatic N) is 1. The van der Waals surface area contributed by atoms with E-state index < -0.39 is 0 Å². The smallest absolute Gasteiger partial charge is 0.0702 e. The van der Waals surface area contributed by atoms with Gasteiger partial charge >= 0.3 is 0 Å². The molecule has 2 rings (SSSR count). The number of hydrogen-bond acceptors (Lipinski definition) is 3. The second-order valence-electron chi connectivity index (χ2n) is 4.43. The average Bonchev–Trinajstić information content (AvgIpc) is 2.26. The van der Waals surface area contributed by atoms with Gasteiger partial charge in [-0.2, -0.15) is 0 Å². The van der Waals surface area contributed by atoms with E-state index in [1.54, 1.807) is 0 Å². The predicted octanol–water partition coefficient (Wildman–Crippen LogP) is 2.29. The van der Waals surface area contributed by atoms with E-state index in [4.69, 9.17) is 0 Å². The number of aliphatic hydroxyl groups is 2. The predicted molar refractivity (Wildman–Crippen MR) is 72.1 cm³/mol. The van der Waals surface area contributed by atoms with Crippen LogP contribution in [0.3, 0.4) is 0 Å². The van der Waals surface area contributed by atoms with E-state index >= 15 is 0 Å². The standard InChI is InChI=1S/C13H18BrNO2/c14-11-5-4-10(9-17)13(8-11)15(6-7-16)12-2-1-3-12/h4-5,8,12,16-17H,1-3,6-7,9H2. The monoisotopic (exact) mass is 299 g/mol. The van der Waals surface area contributed by atoms with Crippen molar-refractivity contribution in [3.63, 3.8) is 0 Å². The van der Waals surface area contributed by atoms with Gasteiger partial charge in [0.1, 0.15) is 0 Å². The zero-order valence-corrected chi connectivity index (χ0v) is 11.4. The largest absolute Gasteiger partial charge is 0.395 e. The molecular weight excluding hydrogens is 282 g/mol. The Hall–Kier alpha value is -0.580. The first kappa shape index (κ1) is 12.9. The second-order valence-corrected chi connectivity index (χ2v) is 5.35. The van der Waals surface area contributed by atoms with Crippen LogP contribution in [0, 0.1) is 0 Å². The van der Waals surface area contributed by atoms with Crippen LogP contribution in [0.1, 0.15) is 24.8 Å². The van der Waals surface area contributed by atoms with Crippen molar-refractivity contribution >= 4 is 21.6 Å². The van der Waals surface area contributed by atoms with Crippen molar-refractivity contribution in [2.24, 2.45) is 0 Å². The van der Waals surface area contributed by atoms with Gasteiger partial charge in [0.2, 0.25) is 0 Å². The van der Waals surface area contributed by atoms with Crippen molar-refractivity contribution in [3.8, 4) is 0 Å². The minimum absolute atomic E-state index is 0.0390. The van der Waals surface area contributed by atoms with Crippen LogP contribution in [0.4, 0.5) is 5.69 Å². The van der Waals surface area contributed by atoms with Gasteiger partial charge in [0, 0.05) is 28.3 Å². The van der Waals surface area contributed by atoms with Crippen LogP contribution < -0.4 is 4.90 Å². The highest BCUT2D eigenvalue weighted by molar-refractivity contribution is 9.10. The molecule has 0 bridgehead atoms. The highest BCUT2D eigenvalue weighted by Crippen LogP contribution is 2.33. The molecule has 1 aromatic rings. The molecule has 0 saturated heterocycles. The third kappa shape index (κ3) is 2.81. The molecule has 94 valence electrons. The molecule has 1 fully saturated rings. The number of hydrogen-bond donors (Lipinski definition) is 2. The van der Waals surface area contributed by atoms with Gasteiger partial charge in [0.25, 0.3) is 0 Å². The first-order valence-electron chi connectivity index (χ1n) is 6.03. The number of halogens is 1. The lowest BCUT2D eigenvalue weighted by Crippen LogP contribution is -2.42. The van der Waals surface area contributed by atoms with Crippen molar-refractivity contribution in [1.82, 2.24) is 0 Å². The third-order valence-corrected chi connectivity index (χ3v) is 3.88. The fourth-order valence-corrected chi connectivity index (χ4v) is 2.59. The summed E-state index contributed by atoms with van der Waals surface area (Å²) >= 11 is 3.46. The van der Waals surface area contributed by atoms with Crippen molar-refractivity contribution in [3.05, 3.63) is 28.2 Å². The Labute approximate surface area is 110 Å². The molecule has 3 nitrogen and oxygen atoms in total. The first-order chi connectivity index (χ1) is 8.26. The number of rotatable bonds is 5. The van der Waals surface area contributed by atoms with Crippen LogP contribution in [-0.2, 0) is 6.61 Å². The lowest BCUT2D eigenvalue weighted by Gasteiger charge is -2.40. The molecule has 0 aliphatic heterocycles. The Morgan fingerprint density at radius 3 is 2.59 bits per heavy atom. The van der Waals surface area contributed by atoms with Crippen molar-refractivity contribution in [1.29, 1.82) is 0 Å². The second kappa shape index (κ2) is 5.85. The number of benzene rings is 1. The van der Waals surface area contributed by atoms with Crippen LogP contribution in [-0.4, -0.2) is 29.4 Å². The van der Waals surface area contributed by atoms with Gasteiger partial charge in [0.05, 0.1) is 13.2 Å². The average molecular weight is 300 g/mol. The summed E-state index contributed by atoms with van der Waals surface area (Å²) in [6.45, 7) is 0.819. The van der Waals surface area contributed by atoms with Crippen molar-refractivity contribution < 1.29 is 10.2 Å². The third-order valence-electron chi connectivity index (χ3n) is 3.38. The van der Waals surface area contributed by atoms with E-state index in [1.165, 1.54) is 19.3 Å². The van der Waals surface area contributed by atoms with E-state index in [0.29, 0.717) is 12.6 Å². The molecule has 0 unspecified atom stereocenters. The SMILES string of the molecule is OCCN(c1cc(Br)ccc1CO)C1CCC1. The Morgan fingerprint density at radius 2 is 2.06 bits per heavy atom. The summed E-state index contributed by atoms with van der Waals surface area (Å²) in [6, 6.07) is 6.41. The summed E-state index contributed by atoms with van der Waals surface area (Å²) in [7, 11) is 0. The van der Waals surface area contributed by atoms with Gasteiger partial charge < -0.3 is 15.1 Å². The molecular formula is C13H18BrNO2. The van der Waals surface area contributed by atoms with Crippen molar-refractivity contribution in [2.75, 3.05) is 18.1 Å². The van der Waals surface area contributed by atoms with Gasteiger partial charge in [-0.25, -0.2) is 0 Å². The molecule has 2 N–H and O–H groups in total. The van der Waals surface area contributed by atoms with Gasteiger partial charge in [-0.15, -0.1) is 0 Å². The van der Waals surface area contributed by atoms with E-state index in [1.807, 2.05) is 18.2 Å². The molecule has 0 spiro atoms. The Morgan fingerprint density at radius 1 is 1.29 bits per heavy atom. The normalized spacial score (nSPS) is 15.7. The Bertz CT molecular complexity index is 380. The molecule has 0 atom stereocenters. The number of aliphatic hydroxyl groups excluding tert-OH is 2. The molecule has 0 radical (unpaired) electrons. The molecule has 4 heteroatoms. The zero-order chi connectivity index (χ0) is 12.3. The summed E-state index contributed by atoms with van der Waals surface area (Å²) in [6.07, 6.45) is 3.61. The summed E-state index contributed by atoms with van der Waals surface area (Å²) in [5.74, 6) is 0. The lowest BCUT2D eigenvalue weighted by atomic mass is 9.90. The van der Waals surface area contributed by atoms with Crippen LogP contribution in [0.5, 0.6) is 0 Å². The Kier molecular flexibility index (Phi) is 4.42. The molecule has 1 aliphatic carbocycles. The maximum Gasteiger partial charge on any atom is 0.0702 e. The number of anilines is 1. The van der Waals surface area contributed by atoms with Gasteiger partial charge in [-0.3, -0.25) is 0 Å². The Balaban J connectivity index is 2.29. The summed E-state index contributed by atoms with van der Waals surface area (Å²) in [5.41, 5.74) is 1.97. The molecule has 0 aromatic heterocycles. The quantitative estimate of drug-likeness (QED) is 0.877. The minimum Gasteiger partial charge on any atom is -0.395 e. The minimum atomic E-state index is 0.0390. The first-order valence-corrected chi connectivity index (χ1v) is 6.82. The van der Waals surface area contributed by atoms with Gasteiger partial charge in [0.15, 0.2) is 0 Å². The van der Waals surface area contributed by atoms with Crippen LogP contribution in [0.25, 0.3) is 0 Å². The molecule has 0 heterocycles. The highest BCUT2D eigenvalue weighted by atomic mass is 79.9. The van der Waals surface area contributed by atoms with Crippen LogP contribution >= 0.6 is 15.9 Å². The van der Waals surface area contributed by atoms with Gasteiger partial charge in [-0.1, -0.05) is 22.0 Å². The van der Waals surface area contributed by atoms with E-state index in [9.17, 15) is 10.2 Å². The summed E-state index contributed by atoms with van der Waals surface area (Å²) in [4.78, 5) is 2.22. The maximum absolute atomic E-state index is 9.39. The fourth-order valence-electron chi connectivity index (χ4n) is 2.24. The fraction of sp³-hybridized carbons (Fsp3) is 0.538.